The standard InChI is InChI=1S/C17H22FN3/c1-12(2)19-10-14-9-13(3)17(20-11-14)21(4)16-8-6-5-7-15(16)18/h5-9,11-12,19H,10H2,1-4H3. The van der Waals surface area contributed by atoms with Crippen LogP contribution in [-0.2, 0) is 6.54 Å². The first kappa shape index (κ1) is 15.4. The highest BCUT2D eigenvalue weighted by Crippen LogP contribution is 2.27. The van der Waals surface area contributed by atoms with Gasteiger partial charge in [-0.3, -0.25) is 0 Å². The molecule has 4 heteroatoms. The zero-order valence-corrected chi connectivity index (χ0v) is 13.0. The van der Waals surface area contributed by atoms with Crippen molar-refractivity contribution in [2.24, 2.45) is 0 Å². The van der Waals surface area contributed by atoms with Crippen molar-refractivity contribution in [2.75, 3.05) is 11.9 Å². The highest BCUT2D eigenvalue weighted by molar-refractivity contribution is 5.62. The van der Waals surface area contributed by atoms with Gasteiger partial charge in [0.15, 0.2) is 0 Å². The fourth-order valence-electron chi connectivity index (χ4n) is 2.23. The van der Waals surface area contributed by atoms with E-state index in [0.717, 1.165) is 23.5 Å². The SMILES string of the molecule is Cc1cc(CNC(C)C)cnc1N(C)c1ccccc1F. The Labute approximate surface area is 125 Å². The summed E-state index contributed by atoms with van der Waals surface area (Å²) in [4.78, 5) is 6.27. The van der Waals surface area contributed by atoms with Gasteiger partial charge >= 0.3 is 0 Å². The van der Waals surface area contributed by atoms with Crippen LogP contribution in [0.4, 0.5) is 15.9 Å². The molecule has 0 unspecified atom stereocenters. The van der Waals surface area contributed by atoms with Crippen LogP contribution >= 0.6 is 0 Å². The first-order valence-corrected chi connectivity index (χ1v) is 7.16. The van der Waals surface area contributed by atoms with Crippen LogP contribution in [0.1, 0.15) is 25.0 Å². The predicted octanol–water partition coefficient (Wildman–Crippen LogP) is 3.80. The average Bonchev–Trinajstić information content (AvgIpc) is 2.45. The topological polar surface area (TPSA) is 28.2 Å². The molecule has 1 aromatic heterocycles. The normalized spacial score (nSPS) is 11.0. The molecule has 0 aliphatic carbocycles. The average molecular weight is 287 g/mol. The molecule has 0 atom stereocenters. The van der Waals surface area contributed by atoms with Gasteiger partial charge in [0.05, 0.1) is 5.69 Å². The lowest BCUT2D eigenvalue weighted by Crippen LogP contribution is -2.22. The molecule has 112 valence electrons. The van der Waals surface area contributed by atoms with Crippen LogP contribution in [0.2, 0.25) is 0 Å². The van der Waals surface area contributed by atoms with Gasteiger partial charge in [0.1, 0.15) is 11.6 Å². The van der Waals surface area contributed by atoms with Gasteiger partial charge in [0, 0.05) is 25.8 Å². The third-order valence-electron chi connectivity index (χ3n) is 3.35. The van der Waals surface area contributed by atoms with Gasteiger partial charge < -0.3 is 10.2 Å². The lowest BCUT2D eigenvalue weighted by molar-refractivity contribution is 0.587. The molecule has 0 saturated carbocycles. The summed E-state index contributed by atoms with van der Waals surface area (Å²) in [7, 11) is 1.83. The van der Waals surface area contributed by atoms with Gasteiger partial charge in [0.25, 0.3) is 0 Å². The van der Waals surface area contributed by atoms with E-state index in [1.807, 2.05) is 26.2 Å². The quantitative estimate of drug-likeness (QED) is 0.906. The molecule has 0 bridgehead atoms. The zero-order chi connectivity index (χ0) is 15.4. The minimum absolute atomic E-state index is 0.244. The Hall–Kier alpha value is -1.94. The smallest absolute Gasteiger partial charge is 0.146 e. The molecule has 0 aliphatic heterocycles. The molecule has 0 fully saturated rings. The van der Waals surface area contributed by atoms with E-state index in [9.17, 15) is 4.39 Å². The Balaban J connectivity index is 2.23. The Bertz CT molecular complexity index is 611. The second kappa shape index (κ2) is 6.68. The van der Waals surface area contributed by atoms with Crippen molar-refractivity contribution in [1.29, 1.82) is 0 Å². The molecule has 1 heterocycles. The number of para-hydroxylation sites is 1. The number of benzene rings is 1. The summed E-state index contributed by atoms with van der Waals surface area (Å²) in [6.07, 6.45) is 1.84. The molecule has 21 heavy (non-hydrogen) atoms. The number of aryl methyl sites for hydroxylation is 1. The van der Waals surface area contributed by atoms with E-state index in [1.165, 1.54) is 6.07 Å². The third kappa shape index (κ3) is 3.79. The summed E-state index contributed by atoms with van der Waals surface area (Å²) in [6, 6.07) is 9.26. The van der Waals surface area contributed by atoms with E-state index in [0.29, 0.717) is 11.7 Å². The van der Waals surface area contributed by atoms with Crippen molar-refractivity contribution in [2.45, 2.75) is 33.4 Å². The summed E-state index contributed by atoms with van der Waals surface area (Å²) in [5.41, 5.74) is 2.69. The van der Waals surface area contributed by atoms with Gasteiger partial charge in [-0.15, -0.1) is 0 Å². The monoisotopic (exact) mass is 287 g/mol. The van der Waals surface area contributed by atoms with Crippen molar-refractivity contribution in [1.82, 2.24) is 10.3 Å². The van der Waals surface area contributed by atoms with E-state index in [4.69, 9.17) is 0 Å². The number of nitrogens with one attached hydrogen (secondary N) is 1. The number of nitrogens with zero attached hydrogens (tertiary/aromatic N) is 2. The molecule has 0 radical (unpaired) electrons. The molecule has 2 aromatic rings. The molecule has 0 spiro atoms. The van der Waals surface area contributed by atoms with Crippen molar-refractivity contribution in [3.05, 3.63) is 53.5 Å². The summed E-state index contributed by atoms with van der Waals surface area (Å²) < 4.78 is 13.9. The number of aromatic nitrogens is 1. The minimum atomic E-state index is -0.244. The molecule has 0 aliphatic rings. The first-order valence-electron chi connectivity index (χ1n) is 7.16. The molecule has 0 amide bonds. The summed E-state index contributed by atoms with van der Waals surface area (Å²) in [5.74, 6) is 0.528. The number of hydrogen-bond donors (Lipinski definition) is 1. The molecular weight excluding hydrogens is 265 g/mol. The van der Waals surface area contributed by atoms with Gasteiger partial charge in [-0.05, 0) is 36.2 Å². The summed E-state index contributed by atoms with van der Waals surface area (Å²) in [6.45, 7) is 7.01. The maximum atomic E-state index is 13.9. The van der Waals surface area contributed by atoms with Crippen molar-refractivity contribution < 1.29 is 4.39 Å². The van der Waals surface area contributed by atoms with Crippen LogP contribution in [0.5, 0.6) is 0 Å². The van der Waals surface area contributed by atoms with Crippen molar-refractivity contribution in [3.63, 3.8) is 0 Å². The zero-order valence-electron chi connectivity index (χ0n) is 13.0. The lowest BCUT2D eigenvalue weighted by atomic mass is 10.1. The van der Waals surface area contributed by atoms with Crippen LogP contribution in [0, 0.1) is 12.7 Å². The largest absolute Gasteiger partial charge is 0.327 e. The van der Waals surface area contributed by atoms with Gasteiger partial charge in [-0.2, -0.15) is 0 Å². The Kier molecular flexibility index (Phi) is 4.91. The molecule has 0 saturated heterocycles. The molecule has 2 rings (SSSR count). The number of hydrogen-bond acceptors (Lipinski definition) is 3. The minimum Gasteiger partial charge on any atom is -0.327 e. The second-order valence-electron chi connectivity index (χ2n) is 5.53. The van der Waals surface area contributed by atoms with Crippen LogP contribution in [-0.4, -0.2) is 18.1 Å². The Morgan fingerprint density at radius 1 is 1.29 bits per heavy atom. The Morgan fingerprint density at radius 3 is 2.62 bits per heavy atom. The van der Waals surface area contributed by atoms with Gasteiger partial charge in [-0.25, -0.2) is 9.37 Å². The molecule has 3 nitrogen and oxygen atoms in total. The van der Waals surface area contributed by atoms with Gasteiger partial charge in [0.2, 0.25) is 0 Å². The lowest BCUT2D eigenvalue weighted by Gasteiger charge is -2.21. The Morgan fingerprint density at radius 2 is 2.00 bits per heavy atom. The van der Waals surface area contributed by atoms with Crippen LogP contribution in [0.3, 0.4) is 0 Å². The summed E-state index contributed by atoms with van der Waals surface area (Å²) >= 11 is 0. The second-order valence-corrected chi connectivity index (χ2v) is 5.53. The highest BCUT2D eigenvalue weighted by Gasteiger charge is 2.12. The van der Waals surface area contributed by atoms with Gasteiger partial charge in [-0.1, -0.05) is 26.0 Å². The number of anilines is 2. The van der Waals surface area contributed by atoms with E-state index in [2.05, 4.69) is 30.2 Å². The molecular formula is C17H22FN3. The van der Waals surface area contributed by atoms with E-state index < -0.39 is 0 Å². The maximum absolute atomic E-state index is 13.9. The maximum Gasteiger partial charge on any atom is 0.146 e. The number of pyridine rings is 1. The highest BCUT2D eigenvalue weighted by atomic mass is 19.1. The predicted molar refractivity (Wildman–Crippen MR) is 85.4 cm³/mol. The fraction of sp³-hybridized carbons (Fsp3) is 0.353. The summed E-state index contributed by atoms with van der Waals surface area (Å²) in [5, 5.41) is 3.36. The third-order valence-corrected chi connectivity index (χ3v) is 3.35. The molecule has 1 aromatic carbocycles. The van der Waals surface area contributed by atoms with E-state index in [-0.39, 0.29) is 5.82 Å². The van der Waals surface area contributed by atoms with Crippen LogP contribution in [0.15, 0.2) is 36.5 Å². The van der Waals surface area contributed by atoms with Crippen LogP contribution < -0.4 is 10.2 Å². The van der Waals surface area contributed by atoms with Crippen molar-refractivity contribution in [3.8, 4) is 0 Å². The van der Waals surface area contributed by atoms with E-state index in [1.54, 1.807) is 17.0 Å². The van der Waals surface area contributed by atoms with Crippen molar-refractivity contribution >= 4 is 11.5 Å². The molecule has 1 N–H and O–H groups in total. The number of halogens is 1. The van der Waals surface area contributed by atoms with Crippen LogP contribution in [0.25, 0.3) is 0 Å². The first-order chi connectivity index (χ1) is 9.99. The number of rotatable bonds is 5. The fourth-order valence-corrected chi connectivity index (χ4v) is 2.23. The van der Waals surface area contributed by atoms with E-state index >= 15 is 0 Å².